The summed E-state index contributed by atoms with van der Waals surface area (Å²) in [5.74, 6) is -0.0104. The first-order valence-electron chi connectivity index (χ1n) is 11.6. The second-order valence-electron chi connectivity index (χ2n) is 8.74. The van der Waals surface area contributed by atoms with Crippen LogP contribution in [0, 0.1) is 5.41 Å². The lowest BCUT2D eigenvalue weighted by molar-refractivity contribution is -0.161. The summed E-state index contributed by atoms with van der Waals surface area (Å²) in [5, 5.41) is 1.70. The van der Waals surface area contributed by atoms with Gasteiger partial charge in [-0.25, -0.2) is 9.86 Å². The smallest absolute Gasteiger partial charge is 0.330 e. The predicted molar refractivity (Wildman–Crippen MR) is 130 cm³/mol. The van der Waals surface area contributed by atoms with Crippen molar-refractivity contribution >= 4 is 23.2 Å². The number of hydroxylamine groups is 1. The number of carbonyl (C=O) groups excluding carboxylic acids is 2. The number of anilines is 1. The number of methoxy groups -OCH3 is 3. The number of furan rings is 1. The number of rotatable bonds is 6. The van der Waals surface area contributed by atoms with Crippen molar-refractivity contribution in [1.29, 1.82) is 0 Å². The molecule has 3 atom stereocenters. The van der Waals surface area contributed by atoms with Crippen molar-refractivity contribution in [3.8, 4) is 0 Å². The number of fused-ring (bicyclic) bond motifs is 3. The molecule has 5 rings (SSSR count). The Balaban J connectivity index is 1.78. The average molecular weight is 490 g/mol. The fourth-order valence-corrected chi connectivity index (χ4v) is 5.25. The lowest BCUT2D eigenvalue weighted by atomic mass is 9.71. The van der Waals surface area contributed by atoms with E-state index in [-0.39, 0.29) is 13.0 Å². The van der Waals surface area contributed by atoms with Crippen LogP contribution >= 0.6 is 0 Å². The van der Waals surface area contributed by atoms with E-state index in [0.717, 1.165) is 11.3 Å². The Labute approximate surface area is 209 Å². The highest BCUT2D eigenvalue weighted by atomic mass is 16.7. The summed E-state index contributed by atoms with van der Waals surface area (Å²) in [4.78, 5) is 33.0. The Morgan fingerprint density at radius 1 is 1.03 bits per heavy atom. The van der Waals surface area contributed by atoms with Crippen LogP contribution in [0.1, 0.15) is 41.2 Å². The maximum Gasteiger partial charge on any atom is 0.330 e. The summed E-state index contributed by atoms with van der Waals surface area (Å²) >= 11 is 0. The average Bonchev–Trinajstić information content (AvgIpc) is 3.44. The third-order valence-electron chi connectivity index (χ3n) is 6.76. The van der Waals surface area contributed by atoms with Crippen LogP contribution < -0.4 is 5.06 Å². The molecule has 0 amide bonds. The number of nitrogens with zero attached hydrogens (tertiary/aromatic N) is 1. The number of para-hydroxylation sites is 1. The van der Waals surface area contributed by atoms with Crippen LogP contribution in [0.5, 0.6) is 0 Å². The number of hydrogen-bond donors (Lipinski definition) is 0. The highest BCUT2D eigenvalue weighted by molar-refractivity contribution is 6.04. The molecule has 36 heavy (non-hydrogen) atoms. The van der Waals surface area contributed by atoms with Crippen LogP contribution in [-0.4, -0.2) is 33.3 Å². The SMILES string of the molecule is COCc1cc2c(o1)[C@@H]1N(c3ccccc3)O[C@H](c3ccccc3)C[C@]1(C(=O)OC)/C2=C/C(=O)OC. The topological polar surface area (TPSA) is 87.4 Å². The first-order chi connectivity index (χ1) is 17.5. The Morgan fingerprint density at radius 3 is 2.36 bits per heavy atom. The van der Waals surface area contributed by atoms with Crippen LogP contribution in [0.15, 0.2) is 77.2 Å². The molecule has 2 aliphatic rings. The molecule has 2 heterocycles. The molecular formula is C28H27NO7. The minimum absolute atomic E-state index is 0.227. The highest BCUT2D eigenvalue weighted by Crippen LogP contribution is 2.64. The van der Waals surface area contributed by atoms with Gasteiger partial charge in [0.25, 0.3) is 0 Å². The largest absolute Gasteiger partial charge is 0.468 e. The fourth-order valence-electron chi connectivity index (χ4n) is 5.25. The van der Waals surface area contributed by atoms with Crippen molar-refractivity contribution in [2.75, 3.05) is 26.4 Å². The zero-order valence-corrected chi connectivity index (χ0v) is 20.3. The van der Waals surface area contributed by atoms with Gasteiger partial charge in [0.2, 0.25) is 0 Å². The molecule has 0 spiro atoms. The Morgan fingerprint density at radius 2 is 1.72 bits per heavy atom. The molecule has 0 radical (unpaired) electrons. The van der Waals surface area contributed by atoms with Crippen molar-refractivity contribution in [2.24, 2.45) is 5.41 Å². The molecule has 8 heteroatoms. The van der Waals surface area contributed by atoms with Gasteiger partial charge in [0.15, 0.2) is 0 Å². The van der Waals surface area contributed by atoms with Crippen LogP contribution in [0.2, 0.25) is 0 Å². The highest BCUT2D eigenvalue weighted by Gasteiger charge is 2.65. The molecule has 3 aromatic rings. The van der Waals surface area contributed by atoms with Crippen molar-refractivity contribution in [2.45, 2.75) is 25.2 Å². The van der Waals surface area contributed by atoms with E-state index in [4.69, 9.17) is 23.5 Å². The summed E-state index contributed by atoms with van der Waals surface area (Å²) in [6, 6.07) is 20.2. The molecule has 0 saturated carbocycles. The summed E-state index contributed by atoms with van der Waals surface area (Å²) in [6.07, 6.45) is 1.08. The first-order valence-corrected chi connectivity index (χ1v) is 11.6. The van der Waals surface area contributed by atoms with Gasteiger partial charge in [0, 0.05) is 25.2 Å². The van der Waals surface area contributed by atoms with Crippen LogP contribution in [0.4, 0.5) is 5.69 Å². The van der Waals surface area contributed by atoms with Gasteiger partial charge < -0.3 is 18.6 Å². The second-order valence-corrected chi connectivity index (χ2v) is 8.74. The van der Waals surface area contributed by atoms with Gasteiger partial charge in [-0.2, -0.15) is 0 Å². The van der Waals surface area contributed by atoms with E-state index >= 15 is 0 Å². The van der Waals surface area contributed by atoms with Crippen molar-refractivity contribution in [3.63, 3.8) is 0 Å². The summed E-state index contributed by atoms with van der Waals surface area (Å²) in [6.45, 7) is 0.231. The summed E-state index contributed by atoms with van der Waals surface area (Å²) in [5.41, 5.74) is 1.41. The lowest BCUT2D eigenvalue weighted by Gasteiger charge is -2.47. The van der Waals surface area contributed by atoms with Crippen LogP contribution in [-0.2, 0) is 35.2 Å². The van der Waals surface area contributed by atoms with Gasteiger partial charge in [-0.15, -0.1) is 0 Å². The predicted octanol–water partition coefficient (Wildman–Crippen LogP) is 4.78. The Bertz CT molecular complexity index is 1280. The minimum atomic E-state index is -1.31. The quantitative estimate of drug-likeness (QED) is 0.361. The van der Waals surface area contributed by atoms with Gasteiger partial charge in [0.05, 0.1) is 19.9 Å². The lowest BCUT2D eigenvalue weighted by Crippen LogP contribution is -2.50. The van der Waals surface area contributed by atoms with Gasteiger partial charge in [-0.3, -0.25) is 9.63 Å². The molecule has 1 saturated heterocycles. The van der Waals surface area contributed by atoms with Crippen LogP contribution in [0.25, 0.3) is 5.57 Å². The standard InChI is InChI=1S/C28H27NO7/c1-32-17-20-14-21-22(15-24(30)33-2)28(27(31)34-3)16-23(18-10-6-4-7-11-18)36-29(26(28)25(21)35-20)19-12-8-5-9-13-19/h4-15,23,26H,16-17H2,1-3H3/b22-15+/t23-,26-,28-/m0/s1. The number of hydrogen-bond acceptors (Lipinski definition) is 8. The number of esters is 2. The molecule has 0 bridgehead atoms. The Hall–Kier alpha value is -3.88. The van der Waals surface area contributed by atoms with E-state index < -0.39 is 29.5 Å². The maximum absolute atomic E-state index is 13.8. The van der Waals surface area contributed by atoms with Gasteiger partial charge in [-0.05, 0) is 29.3 Å². The summed E-state index contributed by atoms with van der Waals surface area (Å²) in [7, 11) is 4.22. The molecule has 1 aromatic heterocycles. The van der Waals surface area contributed by atoms with Gasteiger partial charge in [-0.1, -0.05) is 48.5 Å². The molecule has 1 fully saturated rings. The molecule has 1 aliphatic carbocycles. The minimum Gasteiger partial charge on any atom is -0.468 e. The molecule has 0 unspecified atom stereocenters. The fraction of sp³-hybridized carbons (Fsp3) is 0.286. The first kappa shape index (κ1) is 23.8. The van der Waals surface area contributed by atoms with Gasteiger partial charge in [0.1, 0.15) is 35.7 Å². The van der Waals surface area contributed by atoms with Crippen molar-refractivity contribution in [3.05, 3.63) is 95.5 Å². The third kappa shape index (κ3) is 3.79. The van der Waals surface area contributed by atoms with E-state index in [1.165, 1.54) is 20.3 Å². The zero-order chi connectivity index (χ0) is 25.3. The van der Waals surface area contributed by atoms with Crippen molar-refractivity contribution < 1.29 is 33.1 Å². The van der Waals surface area contributed by atoms with Gasteiger partial charge >= 0.3 is 11.9 Å². The zero-order valence-electron chi connectivity index (χ0n) is 20.3. The maximum atomic E-state index is 13.8. The number of ether oxygens (including phenoxy) is 3. The molecule has 186 valence electrons. The molecular weight excluding hydrogens is 462 g/mol. The van der Waals surface area contributed by atoms with Crippen LogP contribution in [0.3, 0.4) is 0 Å². The Kier molecular flexibility index (Phi) is 6.38. The summed E-state index contributed by atoms with van der Waals surface area (Å²) < 4.78 is 21.9. The third-order valence-corrected chi connectivity index (χ3v) is 6.76. The molecule has 0 N–H and O–H groups in total. The number of benzene rings is 2. The second kappa shape index (κ2) is 9.64. The van der Waals surface area contributed by atoms with E-state index in [1.54, 1.807) is 18.2 Å². The monoisotopic (exact) mass is 489 g/mol. The molecule has 2 aromatic carbocycles. The molecule has 8 nitrogen and oxygen atoms in total. The normalized spacial score (nSPS) is 23.8. The number of carbonyl (C=O) groups is 2. The van der Waals surface area contributed by atoms with E-state index in [0.29, 0.717) is 22.7 Å². The van der Waals surface area contributed by atoms with E-state index in [2.05, 4.69) is 0 Å². The van der Waals surface area contributed by atoms with Crippen molar-refractivity contribution in [1.82, 2.24) is 0 Å². The van der Waals surface area contributed by atoms with E-state index in [1.807, 2.05) is 60.7 Å². The molecule has 1 aliphatic heterocycles. The van der Waals surface area contributed by atoms with E-state index in [9.17, 15) is 9.59 Å².